The van der Waals surface area contributed by atoms with Crippen molar-refractivity contribution < 1.29 is 4.74 Å². The van der Waals surface area contributed by atoms with Gasteiger partial charge in [-0.3, -0.25) is 0 Å². The van der Waals surface area contributed by atoms with Crippen LogP contribution >= 0.6 is 0 Å². The molecular formula is C30H22N3O+. The Bertz CT molecular complexity index is 1650. The monoisotopic (exact) mass is 440 g/mol. The summed E-state index contributed by atoms with van der Waals surface area (Å²) in [5.41, 5.74) is 8.26. The summed E-state index contributed by atoms with van der Waals surface area (Å²) in [6, 6.07) is 19.3. The molecule has 4 heteroatoms. The Morgan fingerprint density at radius 3 is 2.91 bits per heavy atom. The summed E-state index contributed by atoms with van der Waals surface area (Å²) < 4.78 is 13.2. The maximum atomic E-state index is 9.52. The van der Waals surface area contributed by atoms with Crippen LogP contribution < -0.4 is 9.40 Å². The minimum absolute atomic E-state index is 0.0987. The number of allylic oxidation sites excluding steroid dienone is 6. The Balaban J connectivity index is 1.48. The number of ether oxygens (including phenoxy) is 1. The van der Waals surface area contributed by atoms with Crippen LogP contribution in [0.3, 0.4) is 0 Å². The number of hydrogen-bond acceptors (Lipinski definition) is 2. The van der Waals surface area contributed by atoms with E-state index >= 15 is 0 Å². The van der Waals surface area contributed by atoms with Crippen molar-refractivity contribution in [2.45, 2.75) is 31.3 Å². The molecule has 0 N–H and O–H groups in total. The third-order valence-electron chi connectivity index (χ3n) is 7.43. The van der Waals surface area contributed by atoms with Crippen LogP contribution in [0.5, 0.6) is 5.75 Å². The molecule has 34 heavy (non-hydrogen) atoms. The van der Waals surface area contributed by atoms with Crippen LogP contribution in [-0.2, 0) is 0 Å². The van der Waals surface area contributed by atoms with E-state index < -0.39 is 5.60 Å². The Kier molecular flexibility index (Phi) is 3.86. The van der Waals surface area contributed by atoms with Gasteiger partial charge in [0.05, 0.1) is 17.0 Å². The fourth-order valence-electron chi connectivity index (χ4n) is 5.98. The third-order valence-corrected chi connectivity index (χ3v) is 7.43. The second-order valence-corrected chi connectivity index (χ2v) is 9.39. The summed E-state index contributed by atoms with van der Waals surface area (Å²) in [6.07, 6.45) is 14.4. The van der Waals surface area contributed by atoms with E-state index in [1.807, 2.05) is 12.1 Å². The average molecular weight is 441 g/mol. The highest BCUT2D eigenvalue weighted by Gasteiger charge is 2.48. The van der Waals surface area contributed by atoms with Crippen LogP contribution in [0.2, 0.25) is 0 Å². The zero-order chi connectivity index (χ0) is 22.9. The smallest absolute Gasteiger partial charge is 0.411 e. The Hall–Kier alpha value is -4.32. The topological polar surface area (TPSA) is 52.0 Å². The summed E-state index contributed by atoms with van der Waals surface area (Å²) in [4.78, 5) is 0. The van der Waals surface area contributed by atoms with Crippen LogP contribution in [-0.4, -0.2) is 22.1 Å². The first kappa shape index (κ1) is 19.2. The lowest BCUT2D eigenvalue weighted by molar-refractivity contribution is 0.152. The predicted molar refractivity (Wildman–Crippen MR) is 137 cm³/mol. The van der Waals surface area contributed by atoms with E-state index in [0.717, 1.165) is 29.7 Å². The highest BCUT2D eigenvalue weighted by atomic mass is 16.5. The van der Waals surface area contributed by atoms with Gasteiger partial charge in [-0.1, -0.05) is 53.2 Å². The number of hydrogen-bond donors (Lipinski definition) is 0. The van der Waals surface area contributed by atoms with Gasteiger partial charge < -0.3 is 9.30 Å². The van der Waals surface area contributed by atoms with Crippen LogP contribution in [0, 0.1) is 11.3 Å². The van der Waals surface area contributed by atoms with Crippen molar-refractivity contribution >= 4 is 34.6 Å². The van der Waals surface area contributed by atoms with E-state index in [-0.39, 0.29) is 5.92 Å². The van der Waals surface area contributed by atoms with E-state index in [2.05, 4.69) is 89.0 Å². The van der Waals surface area contributed by atoms with Crippen LogP contribution in [0.25, 0.3) is 22.7 Å². The molecule has 2 aliphatic heterocycles. The summed E-state index contributed by atoms with van der Waals surface area (Å²) >= 11 is 0. The van der Waals surface area contributed by atoms with Crippen molar-refractivity contribution in [2.24, 2.45) is 0 Å². The maximum absolute atomic E-state index is 9.52. The highest BCUT2D eigenvalue weighted by Crippen LogP contribution is 2.54. The summed E-state index contributed by atoms with van der Waals surface area (Å²) in [5.74, 6) is 1.06. The fourth-order valence-corrected chi connectivity index (χ4v) is 5.98. The van der Waals surface area contributed by atoms with Crippen molar-refractivity contribution in [3.05, 3.63) is 101 Å². The zero-order valence-electron chi connectivity index (χ0n) is 18.8. The molecule has 2 aromatic carbocycles. The van der Waals surface area contributed by atoms with Gasteiger partial charge in [0.25, 0.3) is 6.21 Å². The van der Waals surface area contributed by atoms with E-state index in [4.69, 9.17) is 4.74 Å². The lowest BCUT2D eigenvalue weighted by atomic mass is 9.77. The number of nitrogens with zero attached hydrogens (tertiary/aromatic N) is 3. The molecule has 0 spiro atoms. The number of para-hydroxylation sites is 2. The van der Waals surface area contributed by atoms with Crippen LogP contribution in [0.4, 0.5) is 0 Å². The molecule has 2 aliphatic carbocycles. The molecule has 0 radical (unpaired) electrons. The van der Waals surface area contributed by atoms with Gasteiger partial charge in [-0.15, -0.1) is 0 Å². The quantitative estimate of drug-likeness (QED) is 0.490. The second kappa shape index (κ2) is 6.84. The summed E-state index contributed by atoms with van der Waals surface area (Å²) in [6.45, 7) is 2.19. The van der Waals surface area contributed by atoms with Crippen LogP contribution in [0.15, 0.2) is 84.0 Å². The number of fused-ring (bicyclic) bond motifs is 7. The van der Waals surface area contributed by atoms with Crippen LogP contribution in [0.1, 0.15) is 42.5 Å². The van der Waals surface area contributed by atoms with E-state index in [1.165, 1.54) is 33.4 Å². The normalized spacial score (nSPS) is 23.8. The third kappa shape index (κ3) is 2.51. The van der Waals surface area contributed by atoms with Gasteiger partial charge in [0.2, 0.25) is 0 Å². The lowest BCUT2D eigenvalue weighted by Gasteiger charge is -2.33. The number of nitriles is 1. The Morgan fingerprint density at radius 1 is 1.15 bits per heavy atom. The molecular weight excluding hydrogens is 418 g/mol. The first-order chi connectivity index (χ1) is 16.7. The van der Waals surface area contributed by atoms with Crippen molar-refractivity contribution in [3.63, 3.8) is 0 Å². The average Bonchev–Trinajstić information content (AvgIpc) is 3.55. The van der Waals surface area contributed by atoms with Gasteiger partial charge >= 0.3 is 5.71 Å². The molecule has 2 atom stereocenters. The maximum Gasteiger partial charge on any atom is 0.411 e. The van der Waals surface area contributed by atoms with Gasteiger partial charge in [0.15, 0.2) is 6.07 Å². The first-order valence-electron chi connectivity index (χ1n) is 11.7. The van der Waals surface area contributed by atoms with Gasteiger partial charge in [-0.25, -0.2) is 0 Å². The fraction of sp³-hybridized carbons (Fsp3) is 0.167. The SMILES string of the molecule is CC12C=Cc3c(n(C4=CC(C5=CC=[N+]=C5C#N)=CCC4)c4ccccc34)C1c1ccccc1O2. The molecule has 162 valence electrons. The van der Waals surface area contributed by atoms with Crippen molar-refractivity contribution in [2.75, 3.05) is 0 Å². The van der Waals surface area contributed by atoms with Gasteiger partial charge in [-0.2, -0.15) is 5.26 Å². The molecule has 0 bridgehead atoms. The van der Waals surface area contributed by atoms with Crippen molar-refractivity contribution in [3.8, 4) is 11.8 Å². The standard InChI is InChI=1S/C30H22N3O/c1-30-15-13-23-22-9-2-4-11-26(22)33(29(23)28(30)24-10-3-5-12-27(24)34-30)20-8-6-7-19(17-20)21-14-16-32-25(21)18-31/h2-5,7,9-17,28H,6,8H2,1H3/q+1. The van der Waals surface area contributed by atoms with Gasteiger partial charge in [0, 0.05) is 34.0 Å². The zero-order valence-corrected chi connectivity index (χ0v) is 18.8. The van der Waals surface area contributed by atoms with Gasteiger partial charge in [0.1, 0.15) is 11.4 Å². The summed E-state index contributed by atoms with van der Waals surface area (Å²) in [7, 11) is 0. The molecule has 4 aliphatic rings. The van der Waals surface area contributed by atoms with E-state index in [1.54, 1.807) is 6.21 Å². The minimum atomic E-state index is -0.430. The molecule has 2 unspecified atom stereocenters. The number of benzene rings is 2. The molecule has 0 saturated carbocycles. The highest BCUT2D eigenvalue weighted by molar-refractivity contribution is 6.19. The molecule has 3 aromatic rings. The molecule has 0 fully saturated rings. The molecule has 0 amide bonds. The Morgan fingerprint density at radius 2 is 2.00 bits per heavy atom. The largest absolute Gasteiger partial charge is 0.482 e. The summed E-state index contributed by atoms with van der Waals surface area (Å²) in [5, 5.41) is 10.8. The number of rotatable bonds is 2. The molecule has 7 rings (SSSR count). The Labute approximate surface area is 197 Å². The number of aromatic nitrogens is 1. The van der Waals surface area contributed by atoms with E-state index in [0.29, 0.717) is 5.71 Å². The van der Waals surface area contributed by atoms with Crippen molar-refractivity contribution in [1.29, 1.82) is 5.26 Å². The lowest BCUT2D eigenvalue weighted by Crippen LogP contribution is -2.35. The van der Waals surface area contributed by atoms with Crippen molar-refractivity contribution in [1.82, 2.24) is 9.24 Å². The molecule has 4 nitrogen and oxygen atoms in total. The second-order valence-electron chi connectivity index (χ2n) is 9.39. The first-order valence-corrected chi connectivity index (χ1v) is 11.7. The van der Waals surface area contributed by atoms with E-state index in [9.17, 15) is 5.26 Å². The minimum Gasteiger partial charge on any atom is -0.482 e. The molecule has 1 aromatic heterocycles. The molecule has 0 saturated heterocycles. The molecule has 3 heterocycles. The predicted octanol–water partition coefficient (Wildman–Crippen LogP) is 5.55. The van der Waals surface area contributed by atoms with Gasteiger partial charge in [-0.05, 0) is 49.6 Å².